The van der Waals surface area contributed by atoms with Gasteiger partial charge in [0.25, 0.3) is 0 Å². The van der Waals surface area contributed by atoms with E-state index in [2.05, 4.69) is 39.9 Å². The van der Waals surface area contributed by atoms with Gasteiger partial charge in [-0.05, 0) is 74.9 Å². The number of aromatic nitrogens is 10. The number of nitrogen functional groups attached to an aromatic ring is 2. The van der Waals surface area contributed by atoms with Gasteiger partial charge in [0.2, 0.25) is 27.7 Å². The van der Waals surface area contributed by atoms with Crippen molar-refractivity contribution < 1.29 is 49.8 Å². The number of sulfonamides is 1. The maximum Gasteiger partial charge on any atom is 0.312 e. The Morgan fingerprint density at radius 2 is 1.04 bits per heavy atom. The Hall–Kier alpha value is -8.00. The van der Waals surface area contributed by atoms with E-state index in [1.54, 1.807) is 23.9 Å². The lowest BCUT2D eigenvalue weighted by atomic mass is 10.0. The smallest absolute Gasteiger partial charge is 0.312 e. The molecule has 0 saturated heterocycles. The monoisotopic (exact) mass is 1030 g/mol. The Labute approximate surface area is 415 Å². The van der Waals surface area contributed by atoms with Crippen LogP contribution in [0.15, 0.2) is 45.5 Å². The number of unbranched alkanes of at least 4 members (excludes halogenated alkanes) is 4. The van der Waals surface area contributed by atoms with Crippen molar-refractivity contribution >= 4 is 49.9 Å². The number of oxazole rings is 2. The first-order valence-corrected chi connectivity index (χ1v) is 25.1. The van der Waals surface area contributed by atoms with E-state index in [0.717, 1.165) is 23.1 Å². The predicted molar refractivity (Wildman–Crippen MR) is 260 cm³/mol. The Kier molecular flexibility index (Phi) is 14.6. The quantitative estimate of drug-likeness (QED) is 0.0629. The standard InChI is InChI=1S/C24H26FN7O4.C23H26FN7O5S/c1-13-12-28-23(36-13)15-11-17-16(34-7-8-35-17)9-14(15)10-19-29-20-21(27)30-24(25)31-22(20)32(19)6-4-2-3-5-18(26)33;1-13-12-27-22(36-13)15-11-17-16(34-6-7-35-17)9-14(15)10-18-28-19-20(25)29-23(24)30-21(19)31(18)5-3-2-4-8-37(26,32)33/h9,11-12H,2-8,10H2,1H3,(H2,26,33)(H2,27,30,31);9,11-12H,2-8,10H2,1H3,(H2,25,29,30)(H2,26,32,33). The fourth-order valence-corrected chi connectivity index (χ4v) is 9.17. The number of anilines is 2. The van der Waals surface area contributed by atoms with Crippen molar-refractivity contribution in [1.82, 2.24) is 49.0 Å². The van der Waals surface area contributed by atoms with E-state index in [9.17, 15) is 22.0 Å². The first-order chi connectivity index (χ1) is 35.1. The second kappa shape index (κ2) is 21.4. The molecule has 8 N–H and O–H groups in total. The summed E-state index contributed by atoms with van der Waals surface area (Å²) in [4.78, 5) is 44.3. The van der Waals surface area contributed by atoms with Crippen LogP contribution in [-0.4, -0.2) is 95.5 Å². The maximum atomic E-state index is 14.1. The maximum absolute atomic E-state index is 14.1. The van der Waals surface area contributed by atoms with Crippen LogP contribution >= 0.6 is 0 Å². The summed E-state index contributed by atoms with van der Waals surface area (Å²) in [7, 11) is -3.53. The first kappa shape index (κ1) is 50.0. The summed E-state index contributed by atoms with van der Waals surface area (Å²) in [5, 5.41) is 5.09. The van der Waals surface area contributed by atoms with Crippen molar-refractivity contribution in [3.05, 3.63) is 83.1 Å². The zero-order chi connectivity index (χ0) is 51.4. The third kappa shape index (κ3) is 11.7. The minimum Gasteiger partial charge on any atom is -0.486 e. The Bertz CT molecular complexity index is 3450. The molecule has 0 saturated carbocycles. The van der Waals surface area contributed by atoms with Crippen molar-refractivity contribution in [1.29, 1.82) is 0 Å². The second-order valence-electron chi connectivity index (χ2n) is 17.4. The zero-order valence-corrected chi connectivity index (χ0v) is 40.7. The van der Waals surface area contributed by atoms with Crippen molar-refractivity contribution in [2.75, 3.05) is 43.6 Å². The SMILES string of the molecule is Cc1cnc(-c2cc3c(cc2Cc2nc4c(N)nc(F)nc4n2CCCCCC(N)=O)OCCO3)o1.Cc1cnc(-c2cc3c(cc2Cc2nc4c(N)nc(F)nc4n2CCCCCS(N)(=O)=O)OCCO3)o1. The number of benzene rings is 2. The Morgan fingerprint density at radius 1 is 0.616 bits per heavy atom. The van der Waals surface area contributed by atoms with Gasteiger partial charge in [-0.2, -0.15) is 28.7 Å². The lowest BCUT2D eigenvalue weighted by Gasteiger charge is -2.20. The lowest BCUT2D eigenvalue weighted by molar-refractivity contribution is -0.118. The summed E-state index contributed by atoms with van der Waals surface area (Å²) in [6.45, 7) is 6.28. The van der Waals surface area contributed by atoms with Gasteiger partial charge in [0.15, 0.2) is 57.0 Å². The van der Waals surface area contributed by atoms with Crippen LogP contribution in [0.25, 0.3) is 45.2 Å². The molecule has 0 unspecified atom stereocenters. The van der Waals surface area contributed by atoms with Crippen molar-refractivity contribution in [3.8, 4) is 45.9 Å². The number of imidazole rings is 2. The molecule has 73 heavy (non-hydrogen) atoms. The third-order valence-corrected chi connectivity index (χ3v) is 12.8. The van der Waals surface area contributed by atoms with Gasteiger partial charge in [-0.3, -0.25) is 4.79 Å². The Balaban J connectivity index is 0.000000180. The molecular weight excluding hydrogens is 975 g/mol. The number of primary sulfonamides is 1. The van der Waals surface area contributed by atoms with Gasteiger partial charge in [-0.1, -0.05) is 12.8 Å². The predicted octanol–water partition coefficient (Wildman–Crippen LogP) is 5.25. The van der Waals surface area contributed by atoms with Crippen molar-refractivity contribution in [2.24, 2.45) is 10.9 Å². The first-order valence-electron chi connectivity index (χ1n) is 23.4. The average Bonchev–Trinajstić information content (AvgIpc) is 4.14. The van der Waals surface area contributed by atoms with Gasteiger partial charge in [0.1, 0.15) is 49.6 Å². The number of primary amides is 1. The number of fused-ring (bicyclic) bond motifs is 4. The van der Waals surface area contributed by atoms with E-state index >= 15 is 0 Å². The Morgan fingerprint density at radius 3 is 1.44 bits per heavy atom. The number of rotatable bonds is 18. The molecule has 0 aliphatic carbocycles. The van der Waals surface area contributed by atoms with E-state index in [1.165, 1.54) is 0 Å². The van der Waals surface area contributed by atoms with E-state index in [0.29, 0.717) is 166 Å². The summed E-state index contributed by atoms with van der Waals surface area (Å²) in [5.41, 5.74) is 21.4. The molecule has 8 heterocycles. The van der Waals surface area contributed by atoms with Gasteiger partial charge in [-0.25, -0.2) is 33.5 Å². The number of aryl methyl sites for hydroxylation is 4. The fourth-order valence-electron chi connectivity index (χ4n) is 8.57. The molecule has 1 amide bonds. The number of carbonyl (C=O) groups excluding carboxylic acids is 1. The second-order valence-corrected chi connectivity index (χ2v) is 19.1. The van der Waals surface area contributed by atoms with Gasteiger partial charge in [0, 0.05) is 43.5 Å². The van der Waals surface area contributed by atoms with Gasteiger partial charge >= 0.3 is 12.2 Å². The molecule has 10 rings (SSSR count). The lowest BCUT2D eigenvalue weighted by Crippen LogP contribution is -2.16. The molecule has 0 radical (unpaired) electrons. The van der Waals surface area contributed by atoms with E-state index in [1.807, 2.05) is 35.8 Å². The van der Waals surface area contributed by atoms with Crippen LogP contribution in [0, 0.1) is 26.0 Å². The largest absolute Gasteiger partial charge is 0.486 e. The third-order valence-electron chi connectivity index (χ3n) is 11.9. The van der Waals surface area contributed by atoms with Crippen LogP contribution in [0.5, 0.6) is 23.0 Å². The number of hydrogen-bond donors (Lipinski definition) is 4. The van der Waals surface area contributed by atoms with E-state index in [-0.39, 0.29) is 34.5 Å². The molecule has 0 bridgehead atoms. The molecule has 2 aromatic carbocycles. The molecule has 0 atom stereocenters. The average molecular weight is 1030 g/mol. The molecule has 6 aromatic heterocycles. The summed E-state index contributed by atoms with van der Waals surface area (Å²) >= 11 is 0. The number of ether oxygens (including phenoxy) is 4. The molecule has 0 fully saturated rings. The highest BCUT2D eigenvalue weighted by Crippen LogP contribution is 2.40. The summed E-state index contributed by atoms with van der Waals surface area (Å²) in [5.74, 6) is 5.22. The topological polar surface area (TPSA) is 331 Å². The number of nitrogens with zero attached hydrogens (tertiary/aromatic N) is 10. The minimum atomic E-state index is -3.53. The van der Waals surface area contributed by atoms with Crippen LogP contribution in [-0.2, 0) is 40.7 Å². The van der Waals surface area contributed by atoms with Gasteiger partial charge < -0.3 is 54.1 Å². The summed E-state index contributed by atoms with van der Waals surface area (Å²) < 4.78 is 89.0. The van der Waals surface area contributed by atoms with E-state index in [4.69, 9.17) is 50.1 Å². The summed E-state index contributed by atoms with van der Waals surface area (Å²) in [6, 6.07) is 7.41. The van der Waals surface area contributed by atoms with Crippen LogP contribution < -0.4 is 41.3 Å². The molecule has 2 aliphatic rings. The highest BCUT2D eigenvalue weighted by molar-refractivity contribution is 7.89. The summed E-state index contributed by atoms with van der Waals surface area (Å²) in [6.07, 6.45) is 6.07. The number of nitrogens with two attached hydrogens (primary N) is 4. The van der Waals surface area contributed by atoms with Crippen molar-refractivity contribution in [2.45, 2.75) is 84.7 Å². The highest BCUT2D eigenvalue weighted by atomic mass is 32.2. The van der Waals surface area contributed by atoms with Crippen LogP contribution in [0.2, 0.25) is 0 Å². The molecule has 0 spiro atoms. The zero-order valence-electron chi connectivity index (χ0n) is 39.9. The highest BCUT2D eigenvalue weighted by Gasteiger charge is 2.26. The van der Waals surface area contributed by atoms with Crippen LogP contribution in [0.1, 0.15) is 79.2 Å². The number of carbonyl (C=O) groups is 1. The molecule has 2 aliphatic heterocycles. The van der Waals surface area contributed by atoms with Gasteiger partial charge in [0.05, 0.1) is 18.1 Å². The number of hydrogen-bond acceptors (Lipinski definition) is 19. The normalized spacial score (nSPS) is 13.1. The van der Waals surface area contributed by atoms with Crippen LogP contribution in [0.3, 0.4) is 0 Å². The number of halogens is 2. The molecular formula is C47H52F2N14O9S. The fraction of sp³-hybridized carbons (Fsp3) is 0.383. The minimum absolute atomic E-state index is 0.0306. The number of amides is 1. The van der Waals surface area contributed by atoms with Crippen LogP contribution in [0.4, 0.5) is 20.4 Å². The molecule has 8 aromatic rings. The molecule has 384 valence electrons. The van der Waals surface area contributed by atoms with Gasteiger partial charge in [-0.15, -0.1) is 0 Å². The molecule has 26 heteroatoms. The molecule has 23 nitrogen and oxygen atoms in total. The van der Waals surface area contributed by atoms with Crippen molar-refractivity contribution in [3.63, 3.8) is 0 Å². The van der Waals surface area contributed by atoms with E-state index < -0.39 is 22.2 Å².